The molecule has 4 aromatic rings. The first-order valence-corrected chi connectivity index (χ1v) is 32.4. The number of rotatable bonds is 27. The lowest BCUT2D eigenvalue weighted by atomic mass is 9.81. The molecule has 0 saturated carbocycles. The van der Waals surface area contributed by atoms with E-state index in [0.29, 0.717) is 72.3 Å². The number of imide groups is 1. The predicted molar refractivity (Wildman–Crippen MR) is 334 cm³/mol. The molecule has 2 bridgehead atoms. The Morgan fingerprint density at radius 3 is 2.30 bits per heavy atom. The number of fused-ring (bicyclic) bond motifs is 7. The summed E-state index contributed by atoms with van der Waals surface area (Å²) in [5, 5.41) is 64.5. The number of halogens is 1. The van der Waals surface area contributed by atoms with Crippen molar-refractivity contribution < 1.29 is 106 Å². The van der Waals surface area contributed by atoms with E-state index < -0.39 is 114 Å². The van der Waals surface area contributed by atoms with Crippen LogP contribution in [-0.2, 0) is 105 Å². The SMILES string of the molecule is CC[C@@]1(O)C(=O)OCc2c1cc1n(c2=O)Cc2c-1nc1cc(F)c(C)c3c1c2[C@@H](NC(=O)OCc1ccc(O[C@@H]2O[C@H](C(=O)O)[C@@H](O)[C@H](O)[C@H]2O)c(CNC(=O)CCNC(=O)[C@H](CCCC(=O)N2C[C@@H]4C[C@H]2CN4C(=O)CCOCCOC)NC(=O)CCN2C(=O)C=CC2=O)c1)CC3. The fourth-order valence-electron chi connectivity index (χ4n) is 13.8. The summed E-state index contributed by atoms with van der Waals surface area (Å²) in [5.41, 5.74) is 0.858. The van der Waals surface area contributed by atoms with Gasteiger partial charge in [-0.15, -0.1) is 0 Å². The molecule has 31 nitrogen and oxygen atoms in total. The smallest absolute Gasteiger partial charge is 0.407 e. The number of ether oxygens (including phenoxy) is 6. The summed E-state index contributed by atoms with van der Waals surface area (Å²) in [6, 6.07) is 4.63. The first kappa shape index (κ1) is 70.0. The van der Waals surface area contributed by atoms with Crippen LogP contribution in [0.5, 0.6) is 5.75 Å². The molecule has 3 fully saturated rings. The third kappa shape index (κ3) is 14.2. The van der Waals surface area contributed by atoms with E-state index in [1.54, 1.807) is 30.8 Å². The van der Waals surface area contributed by atoms with E-state index in [0.717, 1.165) is 17.1 Å². The van der Waals surface area contributed by atoms with Gasteiger partial charge in [0.1, 0.15) is 49.1 Å². The number of cyclic esters (lactones) is 1. The molecule has 11 rings (SSSR count). The number of piperazine rings is 1. The molecule has 0 radical (unpaired) electrons. The summed E-state index contributed by atoms with van der Waals surface area (Å²) in [5.74, 6) is -6.82. The van der Waals surface area contributed by atoms with Gasteiger partial charge in [-0.1, -0.05) is 13.0 Å². The lowest BCUT2D eigenvalue weighted by molar-refractivity contribution is -0.271. The van der Waals surface area contributed by atoms with Crippen molar-refractivity contribution in [2.45, 2.75) is 165 Å². The van der Waals surface area contributed by atoms with Crippen LogP contribution < -0.4 is 31.6 Å². The molecule has 0 spiro atoms. The highest BCUT2D eigenvalue weighted by Crippen LogP contribution is 2.46. The second kappa shape index (κ2) is 29.4. The van der Waals surface area contributed by atoms with Crippen LogP contribution in [0.15, 0.2) is 47.3 Å². The van der Waals surface area contributed by atoms with E-state index >= 15 is 4.39 Å². The summed E-state index contributed by atoms with van der Waals surface area (Å²) in [6.45, 7) is 3.14. The maximum absolute atomic E-state index is 15.6. The molecule has 2 aromatic heterocycles. The third-order valence-corrected chi connectivity index (χ3v) is 19.1. The van der Waals surface area contributed by atoms with Crippen LogP contribution in [0.25, 0.3) is 22.3 Å². The van der Waals surface area contributed by atoms with Crippen molar-refractivity contribution in [1.29, 1.82) is 0 Å². The zero-order chi connectivity index (χ0) is 70.0. The van der Waals surface area contributed by atoms with E-state index in [4.69, 9.17) is 33.4 Å². The largest absolute Gasteiger partial charge is 0.479 e. The van der Waals surface area contributed by atoms with Crippen molar-refractivity contribution in [2.24, 2.45) is 0 Å². The van der Waals surface area contributed by atoms with Gasteiger partial charge >= 0.3 is 18.0 Å². The topological polar surface area (TPSA) is 420 Å². The summed E-state index contributed by atoms with van der Waals surface area (Å²) in [6.07, 6.45) is -8.16. The maximum Gasteiger partial charge on any atom is 0.407 e. The number of esters is 1. The van der Waals surface area contributed by atoms with Gasteiger partial charge in [0, 0.05) is 99.4 Å². The third-order valence-electron chi connectivity index (χ3n) is 19.1. The quantitative estimate of drug-likeness (QED) is 0.0185. The Bertz CT molecular complexity index is 3980. The number of carboxylic acid groups (broad SMARTS) is 1. The van der Waals surface area contributed by atoms with Crippen molar-refractivity contribution in [1.82, 2.24) is 45.5 Å². The van der Waals surface area contributed by atoms with Crippen molar-refractivity contribution in [3.8, 4) is 17.1 Å². The molecule has 1 aliphatic carbocycles. The number of alkyl carbamates (subject to hydrolysis) is 1. The number of hydrogen-bond donors (Lipinski definition) is 9. The Labute approximate surface area is 558 Å². The first-order chi connectivity index (χ1) is 46.9. The molecule has 6 aliphatic heterocycles. The number of nitrogens with one attached hydrogen (secondary N) is 4. The summed E-state index contributed by atoms with van der Waals surface area (Å²) < 4.78 is 49.8. The Hall–Kier alpha value is -9.31. The van der Waals surface area contributed by atoms with Crippen molar-refractivity contribution >= 4 is 70.3 Å². The number of aromatic nitrogens is 2. The van der Waals surface area contributed by atoms with Gasteiger partial charge in [0.25, 0.3) is 17.4 Å². The average molecular weight is 1370 g/mol. The zero-order valence-electron chi connectivity index (χ0n) is 53.9. The molecule has 0 unspecified atom stereocenters. The van der Waals surface area contributed by atoms with E-state index in [1.165, 1.54) is 34.9 Å². The second-order valence-corrected chi connectivity index (χ2v) is 25.2. The van der Waals surface area contributed by atoms with E-state index in [9.17, 15) is 78.3 Å². The molecule has 9 N–H and O–H groups in total. The van der Waals surface area contributed by atoms with Gasteiger partial charge in [-0.2, -0.15) is 0 Å². The van der Waals surface area contributed by atoms with Crippen LogP contribution in [0.4, 0.5) is 9.18 Å². The van der Waals surface area contributed by atoms with Gasteiger partial charge in [0.2, 0.25) is 35.8 Å². The first-order valence-electron chi connectivity index (χ1n) is 32.4. The highest BCUT2D eigenvalue weighted by atomic mass is 19.1. The van der Waals surface area contributed by atoms with Gasteiger partial charge < -0.3 is 89.6 Å². The Kier molecular flexibility index (Phi) is 21.0. The van der Waals surface area contributed by atoms with Gasteiger partial charge in [0.05, 0.1) is 73.4 Å². The fourth-order valence-corrected chi connectivity index (χ4v) is 13.8. The maximum atomic E-state index is 15.6. The second-order valence-electron chi connectivity index (χ2n) is 25.2. The number of aryl methyl sites for hydroxylation is 1. The predicted octanol–water partition coefficient (Wildman–Crippen LogP) is -0.331. The molecule has 2 aromatic carbocycles. The number of carboxylic acids is 1. The number of aliphatic hydroxyl groups excluding tert-OH is 3. The average Bonchev–Trinajstić information content (AvgIpc) is 1.47. The van der Waals surface area contributed by atoms with Crippen LogP contribution in [0.3, 0.4) is 0 Å². The van der Waals surface area contributed by atoms with Gasteiger partial charge in [-0.05, 0) is 85.9 Å². The molecule has 3 saturated heterocycles. The molecule has 524 valence electrons. The number of likely N-dealkylation sites (tertiary alicyclic amines) is 2. The number of amides is 8. The highest BCUT2D eigenvalue weighted by Gasteiger charge is 2.50. The lowest BCUT2D eigenvalue weighted by Crippen LogP contribution is -2.61. The number of aliphatic hydroxyl groups is 4. The van der Waals surface area contributed by atoms with Gasteiger partial charge in [0.15, 0.2) is 11.7 Å². The number of aliphatic carboxylic acids is 1. The highest BCUT2D eigenvalue weighted by molar-refractivity contribution is 6.13. The number of pyridine rings is 2. The van der Waals surface area contributed by atoms with Crippen LogP contribution in [-0.4, -0.2) is 211 Å². The number of carbonyl (C=O) groups excluding carboxylic acids is 9. The monoisotopic (exact) mass is 1370 g/mol. The van der Waals surface area contributed by atoms with Crippen molar-refractivity contribution in [3.05, 3.63) is 103 Å². The van der Waals surface area contributed by atoms with E-state index in [1.807, 2.05) is 0 Å². The Morgan fingerprint density at radius 1 is 0.857 bits per heavy atom. The molecule has 32 heteroatoms. The number of methoxy groups -OCH3 is 1. The molecule has 8 amide bonds. The molecular formula is C66H76FN9O22. The molecular weight excluding hydrogens is 1290 g/mol. The number of nitrogens with zero attached hydrogens (tertiary/aromatic N) is 5. The van der Waals surface area contributed by atoms with Crippen LogP contribution >= 0.6 is 0 Å². The molecule has 98 heavy (non-hydrogen) atoms. The Morgan fingerprint density at radius 2 is 1.59 bits per heavy atom. The van der Waals surface area contributed by atoms with Gasteiger partial charge in [-0.25, -0.2) is 23.8 Å². The van der Waals surface area contributed by atoms with Crippen LogP contribution in [0.1, 0.15) is 115 Å². The minimum atomic E-state index is -2.12. The molecule has 10 atom stereocenters. The Balaban J connectivity index is 0.748. The fraction of sp³-hybridized carbons (Fsp3) is 0.515. The van der Waals surface area contributed by atoms with Crippen LogP contribution in [0.2, 0.25) is 0 Å². The van der Waals surface area contributed by atoms with Crippen molar-refractivity contribution in [3.63, 3.8) is 0 Å². The summed E-state index contributed by atoms with van der Waals surface area (Å²) >= 11 is 0. The molecule has 8 heterocycles. The lowest BCUT2D eigenvalue weighted by Gasteiger charge is -2.38. The van der Waals surface area contributed by atoms with E-state index in [2.05, 4.69) is 21.3 Å². The molecule has 7 aliphatic rings. The number of benzene rings is 2. The summed E-state index contributed by atoms with van der Waals surface area (Å²) in [4.78, 5) is 154. The number of hydrogen-bond acceptors (Lipinski definition) is 22. The van der Waals surface area contributed by atoms with Crippen molar-refractivity contribution in [2.75, 3.05) is 53.1 Å². The standard InChI is InChI=1S/C66H76FN9O22/c1-4-66(92)40-24-45-55-38(29-76(45)61(87)39(40)31-95-64(66)90)54-42(10-9-37-32(2)41(67)25-44(71-55)53(37)54)72-65(91)96-30-33-8-11-46(97-63-58(85)56(83)57(84)59(98-63)62(88)89)34(22-33)26-69-47(77)14-17-68-60(86)43(70-48(78)15-18-73-50(80)12-13-51(73)81)6-5-7-49(79)74-27-36-23-35(74)28-75(36)52(82)16-19-94-21-20-93-3/h8,11-13,22,24-25,35-36,42-43,56-59,63,83-85,92H,4-7,9-10,14-21,23,26-31H2,1-3H3,(H,68,86)(H,69,77)(H,70,78)(H,72,91)(H,88,89)/t35-,36-,42-,43-,56-,57-,58+,59-,63+,66-/m0/s1. The zero-order valence-corrected chi connectivity index (χ0v) is 53.9. The summed E-state index contributed by atoms with van der Waals surface area (Å²) in [7, 11) is 1.55. The van der Waals surface area contributed by atoms with E-state index in [-0.39, 0.29) is 154 Å². The number of carbonyl (C=O) groups is 10. The normalized spacial score (nSPS) is 23.6. The minimum absolute atomic E-state index is 0.00813. The van der Waals surface area contributed by atoms with Crippen LogP contribution in [0, 0.1) is 12.7 Å². The van der Waals surface area contributed by atoms with Gasteiger partial charge in [-0.3, -0.25) is 43.3 Å². The minimum Gasteiger partial charge on any atom is -0.479 e.